The molecule has 1 N–H and O–H groups in total. The summed E-state index contributed by atoms with van der Waals surface area (Å²) < 4.78 is 34.8. The maximum absolute atomic E-state index is 12.5. The highest BCUT2D eigenvalue weighted by atomic mass is 19.3. The highest BCUT2D eigenvalue weighted by Crippen LogP contribution is 2.36. The van der Waals surface area contributed by atoms with Crippen molar-refractivity contribution in [3.8, 4) is 11.5 Å². The largest absolute Gasteiger partial charge is 0.493 e. The summed E-state index contributed by atoms with van der Waals surface area (Å²) in [6.45, 7) is 0.219. The summed E-state index contributed by atoms with van der Waals surface area (Å²) >= 11 is 0. The number of ether oxygens (including phenoxy) is 2. The molecule has 0 saturated carbocycles. The van der Waals surface area contributed by atoms with Gasteiger partial charge in [0, 0.05) is 11.1 Å². The third kappa shape index (κ3) is 3.35. The van der Waals surface area contributed by atoms with Crippen molar-refractivity contribution in [2.45, 2.75) is 38.3 Å². The second-order valence-corrected chi connectivity index (χ2v) is 5.09. The van der Waals surface area contributed by atoms with E-state index in [0.29, 0.717) is 12.2 Å². The van der Waals surface area contributed by atoms with Crippen LogP contribution in [-0.4, -0.2) is 25.8 Å². The number of rotatable bonds is 5. The van der Waals surface area contributed by atoms with Gasteiger partial charge in [0.15, 0.2) is 11.5 Å². The Morgan fingerprint density at radius 2 is 2.21 bits per heavy atom. The Labute approximate surface area is 111 Å². The monoisotopic (exact) mass is 271 g/mol. The van der Waals surface area contributed by atoms with Gasteiger partial charge in [0.2, 0.25) is 0 Å². The minimum absolute atomic E-state index is 0.0629. The summed E-state index contributed by atoms with van der Waals surface area (Å²) in [6, 6.07) is 5.24. The van der Waals surface area contributed by atoms with Gasteiger partial charge in [-0.15, -0.1) is 0 Å². The van der Waals surface area contributed by atoms with E-state index in [1.54, 1.807) is 12.1 Å². The van der Waals surface area contributed by atoms with Crippen LogP contribution in [0.5, 0.6) is 11.5 Å². The maximum Gasteiger partial charge on any atom is 0.387 e. The SMILES string of the molecule is COc1cccc(CC2(C)CCCN2)c1OC(F)F. The minimum Gasteiger partial charge on any atom is -0.493 e. The van der Waals surface area contributed by atoms with Gasteiger partial charge in [-0.25, -0.2) is 0 Å². The van der Waals surface area contributed by atoms with Crippen molar-refractivity contribution in [1.82, 2.24) is 5.32 Å². The van der Waals surface area contributed by atoms with E-state index in [2.05, 4.69) is 17.0 Å². The lowest BCUT2D eigenvalue weighted by molar-refractivity contribution is -0.0519. The number of alkyl halides is 2. The van der Waals surface area contributed by atoms with Gasteiger partial charge in [0.05, 0.1) is 7.11 Å². The summed E-state index contributed by atoms with van der Waals surface area (Å²) in [7, 11) is 1.45. The first-order valence-electron chi connectivity index (χ1n) is 6.40. The number of nitrogens with one attached hydrogen (secondary N) is 1. The highest BCUT2D eigenvalue weighted by molar-refractivity contribution is 5.47. The molecule has 106 valence electrons. The van der Waals surface area contributed by atoms with E-state index < -0.39 is 6.61 Å². The molecule has 1 unspecified atom stereocenters. The smallest absolute Gasteiger partial charge is 0.387 e. The first kappa shape index (κ1) is 14.1. The van der Waals surface area contributed by atoms with Crippen molar-refractivity contribution in [2.24, 2.45) is 0 Å². The van der Waals surface area contributed by atoms with Crippen molar-refractivity contribution in [2.75, 3.05) is 13.7 Å². The second-order valence-electron chi connectivity index (χ2n) is 5.09. The Kier molecular flexibility index (Phi) is 4.24. The molecule has 1 atom stereocenters. The molecule has 1 aromatic rings. The van der Waals surface area contributed by atoms with Crippen LogP contribution >= 0.6 is 0 Å². The first-order chi connectivity index (χ1) is 9.04. The van der Waals surface area contributed by atoms with Gasteiger partial charge in [-0.2, -0.15) is 8.78 Å². The van der Waals surface area contributed by atoms with E-state index in [0.717, 1.165) is 24.9 Å². The van der Waals surface area contributed by atoms with Crippen LogP contribution in [0.25, 0.3) is 0 Å². The standard InChI is InChI=1S/C14H19F2NO2/c1-14(7-4-8-17-14)9-10-5-3-6-11(18-2)12(10)19-13(15)16/h3,5-6,13,17H,4,7-9H2,1-2H3. The summed E-state index contributed by atoms with van der Waals surface area (Å²) in [4.78, 5) is 0. The molecule has 1 heterocycles. The molecule has 0 amide bonds. The van der Waals surface area contributed by atoms with Gasteiger partial charge < -0.3 is 14.8 Å². The lowest BCUT2D eigenvalue weighted by Crippen LogP contribution is -2.38. The van der Waals surface area contributed by atoms with Crippen LogP contribution in [0.2, 0.25) is 0 Å². The molecule has 1 aromatic carbocycles. The normalized spacial score (nSPS) is 22.8. The quantitative estimate of drug-likeness (QED) is 0.893. The summed E-state index contributed by atoms with van der Waals surface area (Å²) in [5, 5.41) is 3.42. The van der Waals surface area contributed by atoms with Crippen molar-refractivity contribution < 1.29 is 18.3 Å². The molecule has 0 radical (unpaired) electrons. The molecule has 1 saturated heterocycles. The Bertz CT molecular complexity index is 431. The van der Waals surface area contributed by atoms with Crippen LogP contribution in [-0.2, 0) is 6.42 Å². The van der Waals surface area contributed by atoms with E-state index >= 15 is 0 Å². The molecule has 1 aliphatic heterocycles. The molecule has 0 aliphatic carbocycles. The van der Waals surface area contributed by atoms with E-state index in [9.17, 15) is 8.78 Å². The molecule has 0 bridgehead atoms. The van der Waals surface area contributed by atoms with Crippen LogP contribution in [0, 0.1) is 0 Å². The minimum atomic E-state index is -2.85. The van der Waals surface area contributed by atoms with Gasteiger partial charge in [-0.05, 0) is 38.8 Å². The average Bonchev–Trinajstić information content (AvgIpc) is 2.77. The number of hydrogen-bond acceptors (Lipinski definition) is 3. The molecule has 1 fully saturated rings. The number of hydrogen-bond donors (Lipinski definition) is 1. The van der Waals surface area contributed by atoms with Gasteiger partial charge in [-0.1, -0.05) is 12.1 Å². The third-order valence-corrected chi connectivity index (χ3v) is 3.53. The summed E-state index contributed by atoms with van der Waals surface area (Å²) in [6.07, 6.45) is 2.77. The molecular weight excluding hydrogens is 252 g/mol. The Hall–Kier alpha value is -1.36. The van der Waals surface area contributed by atoms with Crippen molar-refractivity contribution in [3.63, 3.8) is 0 Å². The van der Waals surface area contributed by atoms with E-state index in [1.807, 2.05) is 6.07 Å². The van der Waals surface area contributed by atoms with E-state index in [4.69, 9.17) is 4.74 Å². The Morgan fingerprint density at radius 3 is 2.79 bits per heavy atom. The number of benzene rings is 1. The van der Waals surface area contributed by atoms with E-state index in [1.165, 1.54) is 7.11 Å². The van der Waals surface area contributed by atoms with Crippen molar-refractivity contribution in [1.29, 1.82) is 0 Å². The Balaban J connectivity index is 2.27. The van der Waals surface area contributed by atoms with Gasteiger partial charge in [-0.3, -0.25) is 0 Å². The highest BCUT2D eigenvalue weighted by Gasteiger charge is 2.30. The molecule has 5 heteroatoms. The number of methoxy groups -OCH3 is 1. The van der Waals surface area contributed by atoms with Crippen molar-refractivity contribution in [3.05, 3.63) is 23.8 Å². The summed E-state index contributed by atoms with van der Waals surface area (Å²) in [5.41, 5.74) is 0.684. The number of halogens is 2. The predicted octanol–water partition coefficient (Wildman–Crippen LogP) is 2.98. The maximum atomic E-state index is 12.5. The average molecular weight is 271 g/mol. The molecule has 0 aromatic heterocycles. The molecule has 0 spiro atoms. The zero-order valence-corrected chi connectivity index (χ0v) is 11.2. The lowest BCUT2D eigenvalue weighted by atomic mass is 9.91. The van der Waals surface area contributed by atoms with Gasteiger partial charge in [0.25, 0.3) is 0 Å². The van der Waals surface area contributed by atoms with Gasteiger partial charge in [0.1, 0.15) is 0 Å². The fourth-order valence-corrected chi connectivity index (χ4v) is 2.61. The number of para-hydroxylation sites is 1. The summed E-state index contributed by atoms with van der Waals surface area (Å²) in [5.74, 6) is 0.495. The fourth-order valence-electron chi connectivity index (χ4n) is 2.61. The van der Waals surface area contributed by atoms with Crippen LogP contribution in [0.1, 0.15) is 25.3 Å². The fraction of sp³-hybridized carbons (Fsp3) is 0.571. The van der Waals surface area contributed by atoms with Crippen LogP contribution in [0.15, 0.2) is 18.2 Å². The van der Waals surface area contributed by atoms with Crippen molar-refractivity contribution >= 4 is 0 Å². The Morgan fingerprint density at radius 1 is 1.42 bits per heavy atom. The topological polar surface area (TPSA) is 30.5 Å². The van der Waals surface area contributed by atoms with Crippen LogP contribution in [0.3, 0.4) is 0 Å². The third-order valence-electron chi connectivity index (χ3n) is 3.53. The lowest BCUT2D eigenvalue weighted by Gasteiger charge is -2.26. The zero-order valence-electron chi connectivity index (χ0n) is 11.2. The van der Waals surface area contributed by atoms with Crippen LogP contribution < -0.4 is 14.8 Å². The molecule has 3 nitrogen and oxygen atoms in total. The predicted molar refractivity (Wildman–Crippen MR) is 69.0 cm³/mol. The zero-order chi connectivity index (χ0) is 13.9. The molecule has 1 aliphatic rings. The molecule has 2 rings (SSSR count). The first-order valence-corrected chi connectivity index (χ1v) is 6.40. The molecular formula is C14H19F2NO2. The van der Waals surface area contributed by atoms with Gasteiger partial charge >= 0.3 is 6.61 Å². The second kappa shape index (κ2) is 5.74. The molecule has 19 heavy (non-hydrogen) atoms. The van der Waals surface area contributed by atoms with Crippen LogP contribution in [0.4, 0.5) is 8.78 Å². The van der Waals surface area contributed by atoms with E-state index in [-0.39, 0.29) is 11.3 Å².